The van der Waals surface area contributed by atoms with Crippen molar-refractivity contribution >= 4 is 17.5 Å². The van der Waals surface area contributed by atoms with Crippen molar-refractivity contribution in [3.05, 3.63) is 107 Å². The van der Waals surface area contributed by atoms with E-state index in [4.69, 9.17) is 10.5 Å². The van der Waals surface area contributed by atoms with Crippen molar-refractivity contribution in [3.8, 4) is 11.5 Å². The van der Waals surface area contributed by atoms with Crippen molar-refractivity contribution < 1.29 is 14.3 Å². The predicted molar refractivity (Wildman–Crippen MR) is 127 cm³/mol. The highest BCUT2D eigenvalue weighted by atomic mass is 16.5. The van der Waals surface area contributed by atoms with Crippen LogP contribution < -0.4 is 15.8 Å². The number of ether oxygens (including phenoxy) is 1. The van der Waals surface area contributed by atoms with Crippen molar-refractivity contribution in [2.45, 2.75) is 20.4 Å². The number of hydrogen-bond donors (Lipinski definition) is 2. The predicted octanol–water partition coefficient (Wildman–Crippen LogP) is 4.69. The van der Waals surface area contributed by atoms with Gasteiger partial charge in [0.2, 0.25) is 5.91 Å². The number of carbonyl (C=O) groups excluding carboxylic acids is 2. The highest BCUT2D eigenvalue weighted by Crippen LogP contribution is 2.24. The van der Waals surface area contributed by atoms with E-state index in [2.05, 4.69) is 10.4 Å². The first-order chi connectivity index (χ1) is 15.9. The Morgan fingerprint density at radius 3 is 2.36 bits per heavy atom. The Labute approximate surface area is 191 Å². The number of anilines is 1. The van der Waals surface area contributed by atoms with Crippen molar-refractivity contribution in [1.82, 2.24) is 9.78 Å². The SMILES string of the molecule is Cc1nn(Cc2ccccc2)c(C)c1C(=O)Nc1ccc(Oc2cccc(C(N)=O)c2)cc1. The van der Waals surface area contributed by atoms with Gasteiger partial charge in [-0.2, -0.15) is 5.10 Å². The van der Waals surface area contributed by atoms with Crippen LogP contribution >= 0.6 is 0 Å². The number of amides is 2. The molecule has 3 N–H and O–H groups in total. The summed E-state index contributed by atoms with van der Waals surface area (Å²) >= 11 is 0. The largest absolute Gasteiger partial charge is 0.457 e. The molecular formula is C26H24N4O3. The van der Waals surface area contributed by atoms with Crippen LogP contribution in [0.1, 0.15) is 37.7 Å². The standard InChI is InChI=1S/C26H24N4O3/c1-17-24(18(2)30(29-17)16-19-7-4-3-5-8-19)26(32)28-21-11-13-22(14-12-21)33-23-10-6-9-20(15-23)25(27)31/h3-15H,16H2,1-2H3,(H2,27,31)(H,28,32). The number of rotatable bonds is 7. The molecule has 3 aromatic carbocycles. The molecule has 0 saturated heterocycles. The lowest BCUT2D eigenvalue weighted by molar-refractivity contribution is 0.0997. The molecule has 4 rings (SSSR count). The number of nitrogens with zero attached hydrogens (tertiary/aromatic N) is 2. The summed E-state index contributed by atoms with van der Waals surface area (Å²) in [6.45, 7) is 4.33. The number of benzene rings is 3. The van der Waals surface area contributed by atoms with Crippen LogP contribution in [0.3, 0.4) is 0 Å². The maximum absolute atomic E-state index is 13.0. The molecule has 2 amide bonds. The lowest BCUT2D eigenvalue weighted by atomic mass is 10.1. The Bertz CT molecular complexity index is 1300. The lowest BCUT2D eigenvalue weighted by Gasteiger charge is -2.09. The van der Waals surface area contributed by atoms with Crippen LogP contribution in [-0.2, 0) is 6.54 Å². The fourth-order valence-electron chi connectivity index (χ4n) is 3.58. The van der Waals surface area contributed by atoms with Crippen LogP contribution in [0.25, 0.3) is 0 Å². The summed E-state index contributed by atoms with van der Waals surface area (Å²) in [6, 6.07) is 23.6. The van der Waals surface area contributed by atoms with E-state index in [1.807, 2.05) is 48.9 Å². The third-order valence-electron chi connectivity index (χ3n) is 5.25. The Balaban J connectivity index is 1.45. The molecule has 0 spiro atoms. The van der Waals surface area contributed by atoms with E-state index in [-0.39, 0.29) is 5.91 Å². The number of aromatic nitrogens is 2. The number of carbonyl (C=O) groups is 2. The molecule has 0 saturated carbocycles. The highest BCUT2D eigenvalue weighted by molar-refractivity contribution is 6.05. The van der Waals surface area contributed by atoms with Gasteiger partial charge in [0.1, 0.15) is 11.5 Å². The van der Waals surface area contributed by atoms with Crippen molar-refractivity contribution in [2.75, 3.05) is 5.32 Å². The molecule has 0 fully saturated rings. The van der Waals surface area contributed by atoms with Crippen molar-refractivity contribution in [2.24, 2.45) is 5.73 Å². The first-order valence-corrected chi connectivity index (χ1v) is 10.5. The average Bonchev–Trinajstić information content (AvgIpc) is 3.08. The summed E-state index contributed by atoms with van der Waals surface area (Å²) in [7, 11) is 0. The van der Waals surface area contributed by atoms with Crippen LogP contribution in [0.4, 0.5) is 5.69 Å². The molecule has 7 nitrogen and oxygen atoms in total. The number of aryl methyl sites for hydroxylation is 1. The third-order valence-corrected chi connectivity index (χ3v) is 5.25. The summed E-state index contributed by atoms with van der Waals surface area (Å²) in [4.78, 5) is 24.3. The normalized spacial score (nSPS) is 10.6. The van der Waals surface area contributed by atoms with Crippen LogP contribution in [0, 0.1) is 13.8 Å². The monoisotopic (exact) mass is 440 g/mol. The van der Waals surface area contributed by atoms with Gasteiger partial charge in [0.25, 0.3) is 5.91 Å². The molecule has 33 heavy (non-hydrogen) atoms. The van der Waals surface area contributed by atoms with Gasteiger partial charge in [0.15, 0.2) is 0 Å². The Morgan fingerprint density at radius 1 is 0.939 bits per heavy atom. The summed E-state index contributed by atoms with van der Waals surface area (Å²) < 4.78 is 7.62. The van der Waals surface area contributed by atoms with Gasteiger partial charge in [0, 0.05) is 16.9 Å². The first-order valence-electron chi connectivity index (χ1n) is 10.5. The van der Waals surface area contributed by atoms with Crippen LogP contribution in [0.15, 0.2) is 78.9 Å². The Kier molecular flexibility index (Phi) is 6.22. The first kappa shape index (κ1) is 21.8. The van der Waals surface area contributed by atoms with E-state index < -0.39 is 5.91 Å². The summed E-state index contributed by atoms with van der Waals surface area (Å²) in [6.07, 6.45) is 0. The molecular weight excluding hydrogens is 416 g/mol. The number of hydrogen-bond acceptors (Lipinski definition) is 4. The van der Waals surface area contributed by atoms with Gasteiger partial charge < -0.3 is 15.8 Å². The van der Waals surface area contributed by atoms with E-state index >= 15 is 0 Å². The molecule has 0 aliphatic heterocycles. The summed E-state index contributed by atoms with van der Waals surface area (Å²) in [5, 5.41) is 7.47. The second kappa shape index (κ2) is 9.40. The highest BCUT2D eigenvalue weighted by Gasteiger charge is 2.19. The van der Waals surface area contributed by atoms with E-state index in [0.717, 1.165) is 11.3 Å². The molecule has 0 unspecified atom stereocenters. The number of nitrogens with two attached hydrogens (primary N) is 1. The molecule has 1 heterocycles. The molecule has 0 atom stereocenters. The minimum Gasteiger partial charge on any atom is -0.457 e. The summed E-state index contributed by atoms with van der Waals surface area (Å²) in [5.41, 5.74) is 9.48. The van der Waals surface area contributed by atoms with Gasteiger partial charge in [-0.15, -0.1) is 0 Å². The zero-order valence-corrected chi connectivity index (χ0v) is 18.4. The Hall–Kier alpha value is -4.39. The molecule has 0 aliphatic carbocycles. The average molecular weight is 441 g/mol. The third kappa shape index (κ3) is 5.10. The molecule has 0 radical (unpaired) electrons. The van der Waals surface area contributed by atoms with E-state index in [1.165, 1.54) is 0 Å². The van der Waals surface area contributed by atoms with Gasteiger partial charge >= 0.3 is 0 Å². The quantitative estimate of drug-likeness (QED) is 0.435. The maximum atomic E-state index is 13.0. The van der Waals surface area contributed by atoms with E-state index in [0.29, 0.717) is 40.6 Å². The second-order valence-corrected chi connectivity index (χ2v) is 7.66. The second-order valence-electron chi connectivity index (χ2n) is 7.66. The van der Waals surface area contributed by atoms with Crippen LogP contribution in [0.2, 0.25) is 0 Å². The van der Waals surface area contributed by atoms with Crippen LogP contribution in [-0.4, -0.2) is 21.6 Å². The Morgan fingerprint density at radius 2 is 1.67 bits per heavy atom. The minimum absolute atomic E-state index is 0.216. The number of primary amides is 1. The van der Waals surface area contributed by atoms with E-state index in [1.54, 1.807) is 48.5 Å². The fourth-order valence-corrected chi connectivity index (χ4v) is 3.58. The van der Waals surface area contributed by atoms with Crippen molar-refractivity contribution in [1.29, 1.82) is 0 Å². The van der Waals surface area contributed by atoms with Gasteiger partial charge in [0.05, 0.1) is 17.8 Å². The zero-order valence-electron chi connectivity index (χ0n) is 18.4. The molecule has 7 heteroatoms. The molecule has 4 aromatic rings. The van der Waals surface area contributed by atoms with Crippen molar-refractivity contribution in [3.63, 3.8) is 0 Å². The summed E-state index contributed by atoms with van der Waals surface area (Å²) in [5.74, 6) is 0.334. The fraction of sp³-hybridized carbons (Fsp3) is 0.115. The van der Waals surface area contributed by atoms with Gasteiger partial charge in [-0.25, -0.2) is 0 Å². The smallest absolute Gasteiger partial charge is 0.259 e. The zero-order chi connectivity index (χ0) is 23.4. The topological polar surface area (TPSA) is 99.2 Å². The van der Waals surface area contributed by atoms with Gasteiger partial charge in [-0.3, -0.25) is 14.3 Å². The van der Waals surface area contributed by atoms with Gasteiger partial charge in [-0.1, -0.05) is 36.4 Å². The molecule has 0 bridgehead atoms. The lowest BCUT2D eigenvalue weighted by Crippen LogP contribution is -2.14. The molecule has 166 valence electrons. The van der Waals surface area contributed by atoms with Crippen LogP contribution in [0.5, 0.6) is 11.5 Å². The van der Waals surface area contributed by atoms with E-state index in [9.17, 15) is 9.59 Å². The minimum atomic E-state index is -0.517. The number of nitrogens with one attached hydrogen (secondary N) is 1. The van der Waals surface area contributed by atoms with Gasteiger partial charge in [-0.05, 0) is 61.9 Å². The molecule has 1 aromatic heterocycles. The maximum Gasteiger partial charge on any atom is 0.259 e. The molecule has 0 aliphatic rings.